The predicted molar refractivity (Wildman–Crippen MR) is 80.3 cm³/mol. The molecule has 0 bridgehead atoms. The fraction of sp³-hybridized carbons (Fsp3) is 0.533. The number of benzene rings is 1. The van der Waals surface area contributed by atoms with Gasteiger partial charge in [-0.15, -0.1) is 18.1 Å². The molecule has 1 aromatic rings. The maximum Gasteiger partial charge on any atom is 0.338 e. The van der Waals surface area contributed by atoms with E-state index in [1.54, 1.807) is 6.07 Å². The lowest BCUT2D eigenvalue weighted by Gasteiger charge is -2.49. The Morgan fingerprint density at radius 1 is 1.21 bits per heavy atom. The monoisotopic (exact) mass is 280 g/mol. The molecule has 0 aliphatic rings. The van der Waals surface area contributed by atoms with E-state index in [0.29, 0.717) is 5.56 Å². The average Bonchev–Trinajstić information content (AvgIpc) is 2.29. The standard InChI is InChI=1S/C15H24O3Si/c1-11-12(14(16)17-5)9-8-10-13(11)18-19(6,7)15(2,3)4/h8-10H,1-7H3/q-1. The van der Waals surface area contributed by atoms with E-state index in [2.05, 4.69) is 33.9 Å². The molecule has 107 valence electrons. The molecule has 0 unspecified atom stereocenters. The van der Waals surface area contributed by atoms with Crippen LogP contribution in [0.15, 0.2) is 18.2 Å². The van der Waals surface area contributed by atoms with Crippen molar-refractivity contribution in [1.82, 2.24) is 0 Å². The fourth-order valence-corrected chi connectivity index (χ4v) is 2.56. The Labute approximate surface area is 117 Å². The fourth-order valence-electron chi connectivity index (χ4n) is 1.48. The van der Waals surface area contributed by atoms with E-state index in [1.807, 2.05) is 19.1 Å². The molecule has 3 nitrogen and oxygen atoms in total. The summed E-state index contributed by atoms with van der Waals surface area (Å²) in [5.41, 5.74) is 1.41. The Balaban J connectivity index is 3.14. The van der Waals surface area contributed by atoms with Gasteiger partial charge in [-0.1, -0.05) is 26.8 Å². The highest BCUT2D eigenvalue weighted by Gasteiger charge is 2.27. The van der Waals surface area contributed by atoms with E-state index < -0.39 is 8.32 Å². The molecule has 0 atom stereocenters. The highest BCUT2D eigenvalue weighted by molar-refractivity contribution is 6.74. The zero-order valence-corrected chi connectivity index (χ0v) is 14.0. The molecule has 0 saturated carbocycles. The lowest BCUT2D eigenvalue weighted by molar-refractivity contribution is 0.0599. The molecule has 0 spiro atoms. The highest BCUT2D eigenvalue weighted by Crippen LogP contribution is 2.38. The minimum atomic E-state index is -1.90. The first-order chi connectivity index (χ1) is 8.60. The quantitative estimate of drug-likeness (QED) is 0.616. The summed E-state index contributed by atoms with van der Waals surface area (Å²) < 4.78 is 11.0. The number of hydrogen-bond donors (Lipinski definition) is 0. The number of hydrogen-bond acceptors (Lipinski definition) is 3. The van der Waals surface area contributed by atoms with Gasteiger partial charge in [-0.3, -0.25) is 0 Å². The van der Waals surface area contributed by atoms with Crippen molar-refractivity contribution in [2.45, 2.75) is 45.8 Å². The van der Waals surface area contributed by atoms with Gasteiger partial charge >= 0.3 is 5.97 Å². The third kappa shape index (κ3) is 3.38. The third-order valence-electron chi connectivity index (χ3n) is 3.86. The Morgan fingerprint density at radius 3 is 2.26 bits per heavy atom. The molecule has 0 aliphatic carbocycles. The molecule has 0 radical (unpaired) electrons. The average molecular weight is 280 g/mol. The minimum absolute atomic E-state index is 0.126. The predicted octanol–water partition coefficient (Wildman–Crippen LogP) is 4.17. The van der Waals surface area contributed by atoms with Crippen LogP contribution in [-0.4, -0.2) is 21.4 Å². The zero-order valence-electron chi connectivity index (χ0n) is 13.0. The first kappa shape index (κ1) is 15.8. The third-order valence-corrected chi connectivity index (χ3v) is 8.20. The van der Waals surface area contributed by atoms with Gasteiger partial charge in [0.1, 0.15) is 0 Å². The van der Waals surface area contributed by atoms with Crippen molar-refractivity contribution in [3.8, 4) is 5.75 Å². The molecule has 1 rings (SSSR count). The van der Waals surface area contributed by atoms with E-state index in [1.165, 1.54) is 7.11 Å². The van der Waals surface area contributed by atoms with Gasteiger partial charge in [0, 0.05) is 13.9 Å². The first-order valence-corrected chi connectivity index (χ1v) is 9.38. The van der Waals surface area contributed by atoms with Crippen LogP contribution in [0.3, 0.4) is 0 Å². The second-order valence-electron chi connectivity index (χ2n) is 6.28. The van der Waals surface area contributed by atoms with Crippen LogP contribution in [0.1, 0.15) is 36.7 Å². The van der Waals surface area contributed by atoms with Crippen LogP contribution >= 0.6 is 0 Å². The summed E-state index contributed by atoms with van der Waals surface area (Å²) in [7, 11) is -0.505. The molecular weight excluding hydrogens is 256 g/mol. The van der Waals surface area contributed by atoms with Gasteiger partial charge in [0.15, 0.2) is 0 Å². The maximum absolute atomic E-state index is 11.7. The molecule has 0 fully saturated rings. The summed E-state index contributed by atoms with van der Waals surface area (Å²) in [6.45, 7) is 12.9. The van der Waals surface area contributed by atoms with E-state index in [4.69, 9.17) is 9.16 Å². The van der Waals surface area contributed by atoms with E-state index in [-0.39, 0.29) is 11.0 Å². The van der Waals surface area contributed by atoms with Crippen molar-refractivity contribution in [2.24, 2.45) is 0 Å². The van der Waals surface area contributed by atoms with Crippen molar-refractivity contribution in [3.05, 3.63) is 29.3 Å². The van der Waals surface area contributed by atoms with Gasteiger partial charge in [0.05, 0.1) is 18.4 Å². The maximum atomic E-state index is 11.7. The smallest absolute Gasteiger partial charge is 0.338 e. The van der Waals surface area contributed by atoms with Gasteiger partial charge in [-0.05, 0) is 19.1 Å². The van der Waals surface area contributed by atoms with Crippen LogP contribution in [0.4, 0.5) is 0 Å². The zero-order chi connectivity index (χ0) is 14.8. The molecule has 0 N–H and O–H groups in total. The van der Waals surface area contributed by atoms with E-state index in [0.717, 1.165) is 11.3 Å². The van der Waals surface area contributed by atoms with Gasteiger partial charge < -0.3 is 9.16 Å². The van der Waals surface area contributed by atoms with Gasteiger partial charge in [0.2, 0.25) is 0 Å². The molecule has 4 heteroatoms. The number of ether oxygens (including phenoxy) is 1. The summed E-state index contributed by atoms with van der Waals surface area (Å²) in [6.07, 6.45) is 0. The summed E-state index contributed by atoms with van der Waals surface area (Å²) in [5.74, 6) is 0.465. The van der Waals surface area contributed by atoms with E-state index in [9.17, 15) is 4.79 Å². The number of carbonyl (C=O) groups is 1. The molecular formula is C15H24O3Si-. The second kappa shape index (κ2) is 5.37. The van der Waals surface area contributed by atoms with Crippen LogP contribution in [-0.2, 0) is 4.74 Å². The number of esters is 1. The number of carbonyl (C=O) groups excluding carboxylic acids is 1. The molecule has 0 amide bonds. The lowest BCUT2D eigenvalue weighted by atomic mass is 10.1. The van der Waals surface area contributed by atoms with Crippen LogP contribution in [0.2, 0.25) is 18.1 Å². The normalized spacial score (nSPS) is 12.2. The van der Waals surface area contributed by atoms with Crippen molar-refractivity contribution >= 4 is 14.3 Å². The summed E-state index contributed by atoms with van der Waals surface area (Å²) in [6, 6.07) is 5.52. The van der Waals surface area contributed by atoms with Gasteiger partial charge in [-0.2, -0.15) is 0 Å². The first-order valence-electron chi connectivity index (χ1n) is 6.47. The Hall–Kier alpha value is -1.29. The number of methoxy groups -OCH3 is 1. The molecule has 0 heterocycles. The summed E-state index contributed by atoms with van der Waals surface area (Å²) >= 11 is 0. The Bertz CT molecular complexity index is 473. The van der Waals surface area contributed by atoms with Crippen LogP contribution < -0.4 is 4.43 Å². The molecule has 19 heavy (non-hydrogen) atoms. The van der Waals surface area contributed by atoms with Gasteiger partial charge in [0.25, 0.3) is 0 Å². The second-order valence-corrected chi connectivity index (χ2v) is 11.0. The van der Waals surface area contributed by atoms with Crippen LogP contribution in [0, 0.1) is 6.92 Å². The summed E-state index contributed by atoms with van der Waals surface area (Å²) in [4.78, 5) is 11.7. The molecule has 1 aromatic carbocycles. The SMILES string of the molecule is COC(=O)c1cccc(O[Si-](C)(C)C(C)(C)C)c1C. The topological polar surface area (TPSA) is 35.5 Å². The van der Waals surface area contributed by atoms with E-state index >= 15 is 0 Å². The Kier molecular flexibility index (Phi) is 4.45. The molecule has 0 aromatic heterocycles. The minimum Gasteiger partial charge on any atom is -0.689 e. The largest absolute Gasteiger partial charge is 0.689 e. The summed E-state index contributed by atoms with van der Waals surface area (Å²) in [5, 5.41) is 0.126. The van der Waals surface area contributed by atoms with Crippen molar-refractivity contribution in [3.63, 3.8) is 0 Å². The van der Waals surface area contributed by atoms with Crippen molar-refractivity contribution < 1.29 is 14.0 Å². The molecule has 0 aliphatic heterocycles. The number of rotatable bonds is 3. The van der Waals surface area contributed by atoms with Gasteiger partial charge in [-0.25, -0.2) is 4.79 Å². The lowest BCUT2D eigenvalue weighted by Crippen LogP contribution is -2.44. The van der Waals surface area contributed by atoms with Crippen LogP contribution in [0.25, 0.3) is 0 Å². The molecule has 0 saturated heterocycles. The van der Waals surface area contributed by atoms with Crippen molar-refractivity contribution in [1.29, 1.82) is 0 Å². The van der Waals surface area contributed by atoms with Crippen molar-refractivity contribution in [2.75, 3.05) is 7.11 Å². The highest BCUT2D eigenvalue weighted by atomic mass is 28.4. The van der Waals surface area contributed by atoms with Crippen LogP contribution in [0.5, 0.6) is 5.75 Å². The Morgan fingerprint density at radius 2 is 1.79 bits per heavy atom.